The van der Waals surface area contributed by atoms with Crippen LogP contribution in [0.15, 0.2) is 36.5 Å². The van der Waals surface area contributed by atoms with Crippen molar-refractivity contribution in [1.82, 2.24) is 9.88 Å². The topological polar surface area (TPSA) is 17.0 Å². The first-order valence-electron chi connectivity index (χ1n) is 6.49. The number of halogens is 2. The van der Waals surface area contributed by atoms with Gasteiger partial charge in [-0.3, -0.25) is 0 Å². The summed E-state index contributed by atoms with van der Waals surface area (Å²) in [7, 11) is 0. The van der Waals surface area contributed by atoms with Crippen LogP contribution in [0.3, 0.4) is 0 Å². The highest BCUT2D eigenvalue weighted by atomic mass is 35.5. The summed E-state index contributed by atoms with van der Waals surface area (Å²) in [5.74, 6) is -0.300. The summed E-state index contributed by atoms with van der Waals surface area (Å²) in [6, 6.07) is 8.64. The van der Waals surface area contributed by atoms with Gasteiger partial charge < -0.3 is 9.88 Å². The van der Waals surface area contributed by atoms with E-state index in [1.165, 1.54) is 17.8 Å². The van der Waals surface area contributed by atoms with Gasteiger partial charge in [0, 0.05) is 30.0 Å². The summed E-state index contributed by atoms with van der Waals surface area (Å²) in [5.41, 5.74) is 2.13. The molecule has 1 aromatic heterocycles. The van der Waals surface area contributed by atoms with Gasteiger partial charge in [-0.25, -0.2) is 4.39 Å². The van der Waals surface area contributed by atoms with Gasteiger partial charge in [-0.05, 0) is 42.8 Å². The van der Waals surface area contributed by atoms with E-state index in [0.29, 0.717) is 11.6 Å². The van der Waals surface area contributed by atoms with Gasteiger partial charge in [0.25, 0.3) is 0 Å². The van der Waals surface area contributed by atoms with Crippen molar-refractivity contribution in [2.24, 2.45) is 0 Å². The number of hydrogen-bond acceptors (Lipinski definition) is 1. The molecule has 0 aliphatic rings. The van der Waals surface area contributed by atoms with E-state index in [0.717, 1.165) is 25.1 Å². The Morgan fingerprint density at radius 3 is 2.89 bits per heavy atom. The molecule has 2 nitrogen and oxygen atoms in total. The van der Waals surface area contributed by atoms with Gasteiger partial charge in [0.2, 0.25) is 0 Å². The van der Waals surface area contributed by atoms with E-state index >= 15 is 0 Å². The van der Waals surface area contributed by atoms with Crippen molar-refractivity contribution in [3.05, 3.63) is 58.6 Å². The molecule has 19 heavy (non-hydrogen) atoms. The van der Waals surface area contributed by atoms with Crippen LogP contribution in [0, 0.1) is 5.82 Å². The van der Waals surface area contributed by atoms with Gasteiger partial charge in [-0.15, -0.1) is 0 Å². The molecule has 2 aromatic rings. The van der Waals surface area contributed by atoms with Crippen molar-refractivity contribution >= 4 is 11.6 Å². The highest BCUT2D eigenvalue weighted by Gasteiger charge is 2.05. The number of nitrogens with zero attached hydrogens (tertiary/aromatic N) is 1. The molecule has 0 unspecified atom stereocenters. The monoisotopic (exact) mass is 280 g/mol. The lowest BCUT2D eigenvalue weighted by Crippen LogP contribution is -2.17. The molecule has 0 atom stereocenters. The minimum absolute atomic E-state index is 0.300. The molecule has 0 saturated carbocycles. The molecule has 0 amide bonds. The van der Waals surface area contributed by atoms with E-state index in [2.05, 4.69) is 22.9 Å². The van der Waals surface area contributed by atoms with Crippen LogP contribution in [-0.2, 0) is 13.1 Å². The average molecular weight is 281 g/mol. The second kappa shape index (κ2) is 6.73. The molecule has 0 aliphatic heterocycles. The Kier molecular flexibility index (Phi) is 5.00. The minimum atomic E-state index is -0.300. The summed E-state index contributed by atoms with van der Waals surface area (Å²) in [6.45, 7) is 4.64. The highest BCUT2D eigenvalue weighted by Crippen LogP contribution is 2.19. The number of nitrogens with one attached hydrogen (secondary N) is 1. The van der Waals surface area contributed by atoms with Crippen LogP contribution in [0.5, 0.6) is 0 Å². The Labute approximate surface area is 118 Å². The fourth-order valence-electron chi connectivity index (χ4n) is 1.99. The van der Waals surface area contributed by atoms with E-state index in [9.17, 15) is 4.39 Å². The zero-order valence-electron chi connectivity index (χ0n) is 11.0. The predicted molar refractivity (Wildman–Crippen MR) is 76.9 cm³/mol. The molecule has 0 saturated heterocycles. The van der Waals surface area contributed by atoms with Crippen LogP contribution in [0.1, 0.15) is 24.6 Å². The molecule has 0 aliphatic carbocycles. The molecule has 0 bridgehead atoms. The molecule has 1 heterocycles. The van der Waals surface area contributed by atoms with Crippen LogP contribution in [0.25, 0.3) is 0 Å². The van der Waals surface area contributed by atoms with Gasteiger partial charge in [0.05, 0.1) is 0 Å². The lowest BCUT2D eigenvalue weighted by Gasteiger charge is -2.11. The minimum Gasteiger partial charge on any atom is -0.346 e. The second-order valence-corrected chi connectivity index (χ2v) is 4.95. The second-order valence-electron chi connectivity index (χ2n) is 4.54. The molecule has 4 heteroatoms. The van der Waals surface area contributed by atoms with E-state index < -0.39 is 0 Å². The van der Waals surface area contributed by atoms with Crippen LogP contribution < -0.4 is 5.32 Å². The Hall–Kier alpha value is -1.32. The zero-order chi connectivity index (χ0) is 13.7. The molecule has 102 valence electrons. The first-order chi connectivity index (χ1) is 9.20. The number of hydrogen-bond donors (Lipinski definition) is 1. The molecule has 1 N–H and O–H groups in total. The van der Waals surface area contributed by atoms with Gasteiger partial charge in [0.15, 0.2) is 0 Å². The summed E-state index contributed by atoms with van der Waals surface area (Å²) in [5, 5.41) is 3.85. The van der Waals surface area contributed by atoms with Gasteiger partial charge in [-0.1, -0.05) is 24.6 Å². The van der Waals surface area contributed by atoms with Gasteiger partial charge in [-0.2, -0.15) is 0 Å². The third-order valence-electron chi connectivity index (χ3n) is 3.01. The Balaban J connectivity index is 2.08. The summed E-state index contributed by atoms with van der Waals surface area (Å²) in [6.07, 6.45) is 3.13. The van der Waals surface area contributed by atoms with Crippen LogP contribution >= 0.6 is 11.6 Å². The van der Waals surface area contributed by atoms with E-state index in [-0.39, 0.29) is 5.82 Å². The molecule has 2 rings (SSSR count). The van der Waals surface area contributed by atoms with Crippen molar-refractivity contribution in [3.63, 3.8) is 0 Å². The Bertz CT molecular complexity index is 537. The standard InChI is InChI=1S/C15H18ClFN2/c1-2-7-18-10-14-4-3-8-19(14)11-12-5-6-13(17)9-15(12)16/h3-6,8-9,18H,2,7,10-11H2,1H3. The number of benzene rings is 1. The highest BCUT2D eigenvalue weighted by molar-refractivity contribution is 6.31. The SMILES string of the molecule is CCCNCc1cccn1Cc1ccc(F)cc1Cl. The van der Waals surface area contributed by atoms with Crippen LogP contribution in [-0.4, -0.2) is 11.1 Å². The fourth-order valence-corrected chi connectivity index (χ4v) is 2.22. The summed E-state index contributed by atoms with van der Waals surface area (Å²) >= 11 is 6.06. The van der Waals surface area contributed by atoms with Crippen molar-refractivity contribution in [2.75, 3.05) is 6.54 Å². The molecule has 0 fully saturated rings. The van der Waals surface area contributed by atoms with Crippen molar-refractivity contribution in [1.29, 1.82) is 0 Å². The number of aromatic nitrogens is 1. The van der Waals surface area contributed by atoms with Crippen molar-refractivity contribution in [3.8, 4) is 0 Å². The smallest absolute Gasteiger partial charge is 0.124 e. The predicted octanol–water partition coefficient (Wildman–Crippen LogP) is 3.83. The Morgan fingerprint density at radius 1 is 1.32 bits per heavy atom. The lowest BCUT2D eigenvalue weighted by atomic mass is 10.2. The van der Waals surface area contributed by atoms with Crippen molar-refractivity contribution < 1.29 is 4.39 Å². The van der Waals surface area contributed by atoms with Crippen LogP contribution in [0.2, 0.25) is 5.02 Å². The van der Waals surface area contributed by atoms with Gasteiger partial charge >= 0.3 is 0 Å². The van der Waals surface area contributed by atoms with E-state index in [1.807, 2.05) is 12.3 Å². The fraction of sp³-hybridized carbons (Fsp3) is 0.333. The first kappa shape index (κ1) is 14.1. The maximum Gasteiger partial charge on any atom is 0.124 e. The van der Waals surface area contributed by atoms with Crippen LogP contribution in [0.4, 0.5) is 4.39 Å². The third-order valence-corrected chi connectivity index (χ3v) is 3.36. The lowest BCUT2D eigenvalue weighted by molar-refractivity contribution is 0.621. The van der Waals surface area contributed by atoms with Crippen molar-refractivity contribution in [2.45, 2.75) is 26.4 Å². The molecule has 0 spiro atoms. The average Bonchev–Trinajstić information content (AvgIpc) is 2.81. The normalized spacial score (nSPS) is 10.9. The quantitative estimate of drug-likeness (QED) is 0.796. The molecular formula is C15H18ClFN2. The maximum atomic E-state index is 13.0. The zero-order valence-corrected chi connectivity index (χ0v) is 11.8. The maximum absolute atomic E-state index is 13.0. The van der Waals surface area contributed by atoms with E-state index in [1.54, 1.807) is 6.07 Å². The van der Waals surface area contributed by atoms with Gasteiger partial charge in [0.1, 0.15) is 5.82 Å². The van der Waals surface area contributed by atoms with E-state index in [4.69, 9.17) is 11.6 Å². The molecular weight excluding hydrogens is 263 g/mol. The first-order valence-corrected chi connectivity index (χ1v) is 6.87. The summed E-state index contributed by atoms with van der Waals surface area (Å²) in [4.78, 5) is 0. The molecule has 1 aromatic carbocycles. The Morgan fingerprint density at radius 2 is 2.16 bits per heavy atom. The summed E-state index contributed by atoms with van der Waals surface area (Å²) < 4.78 is 15.1. The molecule has 0 radical (unpaired) electrons. The number of rotatable bonds is 6. The third kappa shape index (κ3) is 3.82. The largest absolute Gasteiger partial charge is 0.346 e.